The Bertz CT molecular complexity index is 888. The molecule has 0 aromatic rings. The second kappa shape index (κ2) is 10.1. The van der Waals surface area contributed by atoms with Gasteiger partial charge in [-0.25, -0.2) is 0 Å². The molecular weight excluding hydrogens is 515 g/mol. The van der Waals surface area contributed by atoms with Crippen molar-refractivity contribution < 1.29 is 28.5 Å². The van der Waals surface area contributed by atoms with Crippen LogP contribution in [0.4, 0.5) is 0 Å². The SMILES string of the molecule is CC(Cl)C(=O)O[C@@H]1CC[C@@]2(C)[C@@H](CC[C@@H]3[C@@H]2[C@@H](OC(=O)C(C)Cl)C[C@]2(C)[C@@H](C4(C)OCCO4)CC[C@@H]32)C1. The zero-order valence-electron chi connectivity index (χ0n) is 23.0. The van der Waals surface area contributed by atoms with E-state index in [1.54, 1.807) is 13.8 Å². The molecule has 6 nitrogen and oxygen atoms in total. The van der Waals surface area contributed by atoms with Crippen LogP contribution in [0.5, 0.6) is 0 Å². The highest BCUT2D eigenvalue weighted by atomic mass is 35.5. The monoisotopic (exact) mass is 558 g/mol. The van der Waals surface area contributed by atoms with E-state index in [0.29, 0.717) is 31.0 Å². The van der Waals surface area contributed by atoms with Gasteiger partial charge in [-0.1, -0.05) is 13.8 Å². The summed E-state index contributed by atoms with van der Waals surface area (Å²) in [7, 11) is 0. The van der Waals surface area contributed by atoms with Crippen LogP contribution in [-0.4, -0.2) is 53.9 Å². The van der Waals surface area contributed by atoms with E-state index >= 15 is 0 Å². The summed E-state index contributed by atoms with van der Waals surface area (Å²) in [5, 5.41) is -1.31. The third-order valence-corrected chi connectivity index (χ3v) is 11.6. The average Bonchev–Trinajstić information content (AvgIpc) is 3.42. The summed E-state index contributed by atoms with van der Waals surface area (Å²) in [5.74, 6) is 0.731. The number of halogens is 2. The number of hydrogen-bond donors (Lipinski definition) is 0. The number of hydrogen-bond acceptors (Lipinski definition) is 6. The maximum absolute atomic E-state index is 12.9. The first kappa shape index (κ1) is 28.0. The average molecular weight is 560 g/mol. The summed E-state index contributed by atoms with van der Waals surface area (Å²) >= 11 is 12.2. The van der Waals surface area contributed by atoms with Gasteiger partial charge in [0.1, 0.15) is 23.0 Å². The molecule has 8 heteroatoms. The summed E-state index contributed by atoms with van der Waals surface area (Å²) in [6.45, 7) is 11.5. The molecule has 2 unspecified atom stereocenters. The number of alkyl halides is 2. The van der Waals surface area contributed by atoms with Gasteiger partial charge in [-0.3, -0.25) is 9.59 Å². The minimum Gasteiger partial charge on any atom is -0.461 e. The van der Waals surface area contributed by atoms with Crippen LogP contribution in [0.25, 0.3) is 0 Å². The van der Waals surface area contributed by atoms with Crippen LogP contribution < -0.4 is 0 Å². The molecule has 210 valence electrons. The van der Waals surface area contributed by atoms with Crippen molar-refractivity contribution in [1.29, 1.82) is 0 Å². The van der Waals surface area contributed by atoms with E-state index in [1.807, 2.05) is 0 Å². The lowest BCUT2D eigenvalue weighted by molar-refractivity contribution is -0.237. The summed E-state index contributed by atoms with van der Waals surface area (Å²) in [6, 6.07) is 0. The molecule has 0 N–H and O–H groups in total. The molecule has 0 radical (unpaired) electrons. The van der Waals surface area contributed by atoms with Crippen molar-refractivity contribution in [2.75, 3.05) is 13.2 Å². The summed E-state index contributed by atoms with van der Waals surface area (Å²) in [5.41, 5.74) is -0.0181. The number of carbonyl (C=O) groups excluding carboxylic acids is 2. The minimum atomic E-state index is -0.678. The zero-order chi connectivity index (χ0) is 26.8. The first-order chi connectivity index (χ1) is 17.4. The first-order valence-corrected chi connectivity index (χ1v) is 15.2. The van der Waals surface area contributed by atoms with Crippen LogP contribution >= 0.6 is 23.2 Å². The van der Waals surface area contributed by atoms with Gasteiger partial charge in [0.2, 0.25) is 0 Å². The molecule has 11 atom stereocenters. The van der Waals surface area contributed by atoms with E-state index in [2.05, 4.69) is 20.8 Å². The lowest BCUT2D eigenvalue weighted by Crippen LogP contribution is -2.61. The van der Waals surface area contributed by atoms with Gasteiger partial charge in [-0.05, 0) is 101 Å². The molecule has 0 spiro atoms. The number of esters is 2. The highest BCUT2D eigenvalue weighted by molar-refractivity contribution is 6.29. The molecule has 1 heterocycles. The topological polar surface area (TPSA) is 71.1 Å². The maximum Gasteiger partial charge on any atom is 0.324 e. The molecule has 5 rings (SSSR count). The van der Waals surface area contributed by atoms with Gasteiger partial charge < -0.3 is 18.9 Å². The molecule has 1 aliphatic heterocycles. The Morgan fingerprint density at radius 2 is 1.51 bits per heavy atom. The number of fused-ring (bicyclic) bond motifs is 5. The zero-order valence-corrected chi connectivity index (χ0v) is 24.5. The summed E-state index contributed by atoms with van der Waals surface area (Å²) in [4.78, 5) is 25.1. The van der Waals surface area contributed by atoms with Crippen molar-refractivity contribution in [3.05, 3.63) is 0 Å². The van der Waals surface area contributed by atoms with Gasteiger partial charge in [0.25, 0.3) is 0 Å². The van der Waals surface area contributed by atoms with E-state index in [1.165, 1.54) is 0 Å². The van der Waals surface area contributed by atoms with Crippen LogP contribution in [0, 0.1) is 40.4 Å². The Balaban J connectivity index is 1.44. The quantitative estimate of drug-likeness (QED) is 0.300. The van der Waals surface area contributed by atoms with Crippen LogP contribution in [0.3, 0.4) is 0 Å². The Morgan fingerprint density at radius 3 is 2.16 bits per heavy atom. The van der Waals surface area contributed by atoms with Crippen molar-refractivity contribution in [3.63, 3.8) is 0 Å². The van der Waals surface area contributed by atoms with E-state index in [-0.39, 0.29) is 46.8 Å². The van der Waals surface area contributed by atoms with Gasteiger partial charge in [0.05, 0.1) is 13.2 Å². The molecule has 4 aliphatic carbocycles. The van der Waals surface area contributed by atoms with Crippen molar-refractivity contribution in [3.8, 4) is 0 Å². The van der Waals surface area contributed by atoms with Crippen LogP contribution in [0.15, 0.2) is 0 Å². The molecule has 0 bridgehead atoms. The predicted molar refractivity (Wildman–Crippen MR) is 141 cm³/mol. The first-order valence-electron chi connectivity index (χ1n) is 14.4. The Labute approximate surface area is 231 Å². The largest absolute Gasteiger partial charge is 0.461 e. The van der Waals surface area contributed by atoms with E-state index in [9.17, 15) is 9.59 Å². The Hall–Kier alpha value is -0.560. The van der Waals surface area contributed by atoms with E-state index in [4.69, 9.17) is 42.1 Å². The molecule has 37 heavy (non-hydrogen) atoms. The summed E-state index contributed by atoms with van der Waals surface area (Å²) < 4.78 is 24.5. The van der Waals surface area contributed by atoms with Crippen molar-refractivity contribution in [2.45, 2.75) is 115 Å². The van der Waals surface area contributed by atoms with Crippen molar-refractivity contribution >= 4 is 35.1 Å². The van der Waals surface area contributed by atoms with Gasteiger partial charge in [-0.15, -0.1) is 23.2 Å². The molecule has 1 saturated heterocycles. The van der Waals surface area contributed by atoms with E-state index in [0.717, 1.165) is 51.4 Å². The highest BCUT2D eigenvalue weighted by Gasteiger charge is 2.67. The third-order valence-electron chi connectivity index (χ3n) is 11.2. The predicted octanol–water partition coefficient (Wildman–Crippen LogP) is 6.10. The lowest BCUT2D eigenvalue weighted by atomic mass is 9.43. The van der Waals surface area contributed by atoms with Gasteiger partial charge in [0.15, 0.2) is 5.79 Å². The molecule has 0 aromatic carbocycles. The number of rotatable bonds is 5. The van der Waals surface area contributed by atoms with Crippen molar-refractivity contribution in [2.24, 2.45) is 40.4 Å². The fraction of sp³-hybridized carbons (Fsp3) is 0.931. The molecular formula is C29H44Cl2O6. The van der Waals surface area contributed by atoms with Crippen LogP contribution in [-0.2, 0) is 28.5 Å². The molecule has 0 aromatic heterocycles. The Morgan fingerprint density at radius 1 is 0.865 bits per heavy atom. The molecule has 0 amide bonds. The minimum absolute atomic E-state index is 0.0164. The smallest absolute Gasteiger partial charge is 0.324 e. The van der Waals surface area contributed by atoms with Crippen LogP contribution in [0.2, 0.25) is 0 Å². The number of ether oxygens (including phenoxy) is 4. The second-order valence-electron chi connectivity index (χ2n) is 13.2. The maximum atomic E-state index is 12.9. The van der Waals surface area contributed by atoms with Crippen LogP contribution in [0.1, 0.15) is 86.0 Å². The second-order valence-corrected chi connectivity index (χ2v) is 14.5. The van der Waals surface area contributed by atoms with Crippen molar-refractivity contribution in [1.82, 2.24) is 0 Å². The fourth-order valence-electron chi connectivity index (χ4n) is 9.62. The normalized spacial score (nSPS) is 46.2. The summed E-state index contributed by atoms with van der Waals surface area (Å²) in [6.07, 6.45) is 7.60. The molecule has 5 fully saturated rings. The number of carbonyl (C=O) groups is 2. The van der Waals surface area contributed by atoms with E-state index < -0.39 is 16.5 Å². The molecule has 4 saturated carbocycles. The lowest BCUT2D eigenvalue weighted by Gasteiger charge is -2.63. The Kier molecular flexibility index (Phi) is 7.66. The highest BCUT2D eigenvalue weighted by Crippen LogP contribution is 2.69. The standard InChI is InChI=1S/C29H44Cl2O6/c1-16(30)25(32)36-19-10-11-27(3)18(14-19)6-7-20-21-8-9-23(29(5)34-12-13-35-29)28(21,4)15-22(24(20)27)37-26(33)17(2)31/h16-24H,6-15H2,1-5H3/t16?,17?,18-,19+,20-,21-,22-,23-,24+,27-,28-/m0/s1. The van der Waals surface area contributed by atoms with Gasteiger partial charge in [-0.2, -0.15) is 0 Å². The molecule has 5 aliphatic rings. The third kappa shape index (κ3) is 4.74. The fourth-order valence-corrected chi connectivity index (χ4v) is 9.72. The van der Waals surface area contributed by atoms with Gasteiger partial charge in [0, 0.05) is 11.8 Å². The van der Waals surface area contributed by atoms with Gasteiger partial charge >= 0.3 is 11.9 Å².